The Kier molecular flexibility index (Phi) is 3.16. The van der Waals surface area contributed by atoms with Crippen molar-refractivity contribution in [3.63, 3.8) is 0 Å². The Labute approximate surface area is 88.7 Å². The molecule has 0 spiro atoms. The fourth-order valence-corrected chi connectivity index (χ4v) is 3.54. The van der Waals surface area contributed by atoms with E-state index in [0.29, 0.717) is 0 Å². The van der Waals surface area contributed by atoms with Crippen molar-refractivity contribution in [2.45, 2.75) is 52.0 Å². The first-order valence-corrected chi connectivity index (χ1v) is 6.45. The van der Waals surface area contributed by atoms with Crippen LogP contribution in [-0.2, 0) is 0 Å². The lowest BCUT2D eigenvalue weighted by Crippen LogP contribution is -2.31. The van der Waals surface area contributed by atoms with Gasteiger partial charge in [0.1, 0.15) is 0 Å². The first-order valence-electron chi connectivity index (χ1n) is 6.45. The summed E-state index contributed by atoms with van der Waals surface area (Å²) in [4.78, 5) is 0. The summed E-state index contributed by atoms with van der Waals surface area (Å²) in [5, 5.41) is 3.56. The van der Waals surface area contributed by atoms with Gasteiger partial charge in [-0.15, -0.1) is 0 Å². The van der Waals surface area contributed by atoms with Crippen molar-refractivity contribution >= 4 is 0 Å². The van der Waals surface area contributed by atoms with Crippen molar-refractivity contribution in [1.29, 1.82) is 0 Å². The molecule has 0 bridgehead atoms. The van der Waals surface area contributed by atoms with E-state index in [1.165, 1.54) is 32.1 Å². The highest BCUT2D eigenvalue weighted by Gasteiger charge is 2.55. The van der Waals surface area contributed by atoms with Gasteiger partial charge in [0.2, 0.25) is 0 Å². The molecule has 2 aliphatic rings. The van der Waals surface area contributed by atoms with Gasteiger partial charge >= 0.3 is 0 Å². The lowest BCUT2D eigenvalue weighted by Gasteiger charge is -2.21. The summed E-state index contributed by atoms with van der Waals surface area (Å²) in [6.45, 7) is 4.70. The van der Waals surface area contributed by atoms with Crippen LogP contribution in [0.5, 0.6) is 0 Å². The Morgan fingerprint density at radius 1 is 1.29 bits per heavy atom. The van der Waals surface area contributed by atoms with Gasteiger partial charge in [0.05, 0.1) is 0 Å². The molecule has 0 heterocycles. The molecule has 0 radical (unpaired) electrons. The summed E-state index contributed by atoms with van der Waals surface area (Å²) in [6, 6.07) is 0.820. The number of hydrogen-bond acceptors (Lipinski definition) is 1. The molecule has 4 atom stereocenters. The van der Waals surface area contributed by atoms with Crippen molar-refractivity contribution in [2.75, 3.05) is 7.05 Å². The summed E-state index contributed by atoms with van der Waals surface area (Å²) in [7, 11) is 2.15. The smallest absolute Gasteiger partial charge is 0.0100 e. The fraction of sp³-hybridized carbons (Fsp3) is 1.00. The largest absolute Gasteiger partial charge is 0.317 e. The van der Waals surface area contributed by atoms with Crippen LogP contribution in [0.2, 0.25) is 0 Å². The summed E-state index contributed by atoms with van der Waals surface area (Å²) >= 11 is 0. The van der Waals surface area contributed by atoms with Gasteiger partial charge in [-0.3, -0.25) is 0 Å². The fourth-order valence-electron chi connectivity index (χ4n) is 3.54. The molecule has 0 saturated heterocycles. The zero-order chi connectivity index (χ0) is 10.1. The number of nitrogens with one attached hydrogen (secondary N) is 1. The second kappa shape index (κ2) is 4.22. The van der Waals surface area contributed by atoms with Crippen molar-refractivity contribution in [3.05, 3.63) is 0 Å². The Morgan fingerprint density at radius 3 is 2.43 bits per heavy atom. The van der Waals surface area contributed by atoms with E-state index >= 15 is 0 Å². The summed E-state index contributed by atoms with van der Waals surface area (Å²) < 4.78 is 0. The Morgan fingerprint density at radius 2 is 1.93 bits per heavy atom. The molecular formula is C13H25N. The van der Waals surface area contributed by atoms with Crippen LogP contribution in [-0.4, -0.2) is 13.1 Å². The molecule has 0 aliphatic heterocycles. The van der Waals surface area contributed by atoms with Crippen LogP contribution >= 0.6 is 0 Å². The number of fused-ring (bicyclic) bond motifs is 1. The van der Waals surface area contributed by atoms with Crippen molar-refractivity contribution < 1.29 is 0 Å². The highest BCUT2D eigenvalue weighted by Crippen LogP contribution is 2.59. The van der Waals surface area contributed by atoms with Gasteiger partial charge in [-0.05, 0) is 50.0 Å². The molecule has 4 unspecified atom stereocenters. The Bertz CT molecular complexity index is 180. The van der Waals surface area contributed by atoms with E-state index in [4.69, 9.17) is 0 Å². The maximum absolute atomic E-state index is 3.56. The third-order valence-corrected chi connectivity index (χ3v) is 4.66. The number of rotatable bonds is 5. The SMILES string of the molecule is CCC(C)CC(NC)C1C2CCCC21. The second-order valence-corrected chi connectivity index (χ2v) is 5.48. The molecular weight excluding hydrogens is 170 g/mol. The van der Waals surface area contributed by atoms with Gasteiger partial charge in [0.15, 0.2) is 0 Å². The highest BCUT2D eigenvalue weighted by molar-refractivity contribution is 5.06. The average Bonchev–Trinajstić information content (AvgIpc) is 2.69. The molecule has 2 aliphatic carbocycles. The summed E-state index contributed by atoms with van der Waals surface area (Å²) in [5.74, 6) is 4.16. The summed E-state index contributed by atoms with van der Waals surface area (Å²) in [5.41, 5.74) is 0. The molecule has 2 rings (SSSR count). The second-order valence-electron chi connectivity index (χ2n) is 5.48. The topological polar surface area (TPSA) is 12.0 Å². The van der Waals surface area contributed by atoms with Gasteiger partial charge in [-0.25, -0.2) is 0 Å². The van der Waals surface area contributed by atoms with Crippen LogP contribution < -0.4 is 5.32 Å². The molecule has 0 amide bonds. The first-order chi connectivity index (χ1) is 6.77. The molecule has 1 N–H and O–H groups in total. The molecule has 0 aromatic heterocycles. The van der Waals surface area contributed by atoms with Gasteiger partial charge in [-0.1, -0.05) is 26.7 Å². The molecule has 2 fully saturated rings. The van der Waals surface area contributed by atoms with E-state index in [9.17, 15) is 0 Å². The predicted octanol–water partition coefficient (Wildman–Crippen LogP) is 3.06. The molecule has 1 nitrogen and oxygen atoms in total. The molecule has 14 heavy (non-hydrogen) atoms. The van der Waals surface area contributed by atoms with Gasteiger partial charge in [-0.2, -0.15) is 0 Å². The summed E-state index contributed by atoms with van der Waals surface area (Å²) in [6.07, 6.45) is 7.28. The Hall–Kier alpha value is -0.0400. The van der Waals surface area contributed by atoms with Crippen LogP contribution in [0, 0.1) is 23.7 Å². The standard InChI is InChI=1S/C13H25N/c1-4-9(2)8-12(14-3)13-10-6-5-7-11(10)13/h9-14H,4-8H2,1-3H3. The minimum absolute atomic E-state index is 0.820. The molecule has 1 heteroatoms. The molecule has 0 aromatic carbocycles. The Balaban J connectivity index is 1.82. The van der Waals surface area contributed by atoms with Crippen LogP contribution in [0.3, 0.4) is 0 Å². The third-order valence-electron chi connectivity index (χ3n) is 4.66. The average molecular weight is 195 g/mol. The van der Waals surface area contributed by atoms with Gasteiger partial charge < -0.3 is 5.32 Å². The molecule has 0 aromatic rings. The highest BCUT2D eigenvalue weighted by atomic mass is 14.9. The van der Waals surface area contributed by atoms with E-state index in [0.717, 1.165) is 29.7 Å². The zero-order valence-corrected chi connectivity index (χ0v) is 9.92. The zero-order valence-electron chi connectivity index (χ0n) is 9.92. The van der Waals surface area contributed by atoms with Crippen LogP contribution in [0.25, 0.3) is 0 Å². The van der Waals surface area contributed by atoms with E-state index < -0.39 is 0 Å². The first kappa shape index (κ1) is 10.5. The maximum Gasteiger partial charge on any atom is 0.0100 e. The quantitative estimate of drug-likeness (QED) is 0.711. The van der Waals surface area contributed by atoms with E-state index in [1.54, 1.807) is 0 Å². The maximum atomic E-state index is 3.56. The predicted molar refractivity (Wildman–Crippen MR) is 61.2 cm³/mol. The van der Waals surface area contributed by atoms with Crippen LogP contribution in [0.15, 0.2) is 0 Å². The number of hydrogen-bond donors (Lipinski definition) is 1. The van der Waals surface area contributed by atoms with Crippen molar-refractivity contribution in [1.82, 2.24) is 5.32 Å². The van der Waals surface area contributed by atoms with Crippen LogP contribution in [0.4, 0.5) is 0 Å². The van der Waals surface area contributed by atoms with E-state index in [1.807, 2.05) is 0 Å². The van der Waals surface area contributed by atoms with E-state index in [2.05, 4.69) is 26.2 Å². The molecule has 82 valence electrons. The van der Waals surface area contributed by atoms with E-state index in [-0.39, 0.29) is 0 Å². The lowest BCUT2D eigenvalue weighted by molar-refractivity contribution is 0.349. The molecule has 2 saturated carbocycles. The minimum Gasteiger partial charge on any atom is -0.317 e. The monoisotopic (exact) mass is 195 g/mol. The lowest BCUT2D eigenvalue weighted by atomic mass is 9.93. The van der Waals surface area contributed by atoms with Gasteiger partial charge in [0.25, 0.3) is 0 Å². The van der Waals surface area contributed by atoms with Crippen LogP contribution in [0.1, 0.15) is 46.0 Å². The normalized spacial score (nSPS) is 39.2. The van der Waals surface area contributed by atoms with Crippen molar-refractivity contribution in [2.24, 2.45) is 23.7 Å². The van der Waals surface area contributed by atoms with Gasteiger partial charge in [0, 0.05) is 6.04 Å². The minimum atomic E-state index is 0.820. The third kappa shape index (κ3) is 1.84. The van der Waals surface area contributed by atoms with Crippen molar-refractivity contribution in [3.8, 4) is 0 Å².